The molecule has 0 unspecified atom stereocenters. The number of nitrogens with one attached hydrogen (secondary N) is 1. The molecule has 5 nitrogen and oxygen atoms in total. The van der Waals surface area contributed by atoms with Crippen molar-refractivity contribution in [2.45, 2.75) is 39.9 Å². The molecule has 0 radical (unpaired) electrons. The van der Waals surface area contributed by atoms with Gasteiger partial charge in [0, 0.05) is 17.5 Å². The van der Waals surface area contributed by atoms with Crippen molar-refractivity contribution in [1.82, 2.24) is 10.2 Å². The maximum atomic E-state index is 12.6. The van der Waals surface area contributed by atoms with Crippen LogP contribution in [-0.2, 0) is 22.7 Å². The van der Waals surface area contributed by atoms with Gasteiger partial charge in [-0.15, -0.1) is 0 Å². The molecule has 0 aliphatic carbocycles. The SMILES string of the molecule is CC(C)C(=O)N(Cc1ccc(Cl)cc1)[C@@H](C)C(=O)NCc1ccco1. The standard InChI is InChI=1S/C19H23ClN2O3/c1-13(2)19(24)22(12-15-6-8-16(20)9-7-15)14(3)18(23)21-11-17-5-4-10-25-17/h4-10,13-14H,11-12H2,1-3H3,(H,21,23)/t14-/m0/s1. The van der Waals surface area contributed by atoms with E-state index in [-0.39, 0.29) is 17.7 Å². The molecule has 0 bridgehead atoms. The van der Waals surface area contributed by atoms with Gasteiger partial charge in [-0.2, -0.15) is 0 Å². The Kier molecular flexibility index (Phi) is 6.65. The highest BCUT2D eigenvalue weighted by atomic mass is 35.5. The third-order valence-corrected chi connectivity index (χ3v) is 4.16. The highest BCUT2D eigenvalue weighted by Crippen LogP contribution is 2.16. The summed E-state index contributed by atoms with van der Waals surface area (Å²) in [7, 11) is 0. The van der Waals surface area contributed by atoms with E-state index in [9.17, 15) is 9.59 Å². The van der Waals surface area contributed by atoms with Gasteiger partial charge < -0.3 is 14.6 Å². The van der Waals surface area contributed by atoms with Crippen LogP contribution in [0.25, 0.3) is 0 Å². The molecule has 1 aromatic heterocycles. The van der Waals surface area contributed by atoms with Crippen LogP contribution < -0.4 is 5.32 Å². The van der Waals surface area contributed by atoms with Gasteiger partial charge in [-0.1, -0.05) is 37.6 Å². The summed E-state index contributed by atoms with van der Waals surface area (Å²) >= 11 is 5.91. The highest BCUT2D eigenvalue weighted by Gasteiger charge is 2.27. The molecule has 1 atom stereocenters. The van der Waals surface area contributed by atoms with Gasteiger partial charge >= 0.3 is 0 Å². The smallest absolute Gasteiger partial charge is 0.242 e. The number of nitrogens with zero attached hydrogens (tertiary/aromatic N) is 1. The number of rotatable bonds is 7. The van der Waals surface area contributed by atoms with Crippen molar-refractivity contribution in [3.05, 3.63) is 59.0 Å². The fraction of sp³-hybridized carbons (Fsp3) is 0.368. The Morgan fingerprint density at radius 2 is 1.84 bits per heavy atom. The lowest BCUT2D eigenvalue weighted by Gasteiger charge is -2.30. The van der Waals surface area contributed by atoms with E-state index >= 15 is 0 Å². The zero-order valence-corrected chi connectivity index (χ0v) is 15.4. The molecule has 1 N–H and O–H groups in total. The first kappa shape index (κ1) is 19.1. The van der Waals surface area contributed by atoms with Crippen LogP contribution in [0, 0.1) is 5.92 Å². The van der Waals surface area contributed by atoms with E-state index in [1.165, 1.54) is 0 Å². The Bertz CT molecular complexity index is 696. The minimum Gasteiger partial charge on any atom is -0.467 e. The first-order valence-electron chi connectivity index (χ1n) is 8.23. The molecule has 2 aromatic rings. The first-order valence-corrected chi connectivity index (χ1v) is 8.61. The third kappa shape index (κ3) is 5.36. The van der Waals surface area contributed by atoms with Gasteiger partial charge in [0.15, 0.2) is 0 Å². The monoisotopic (exact) mass is 362 g/mol. The summed E-state index contributed by atoms with van der Waals surface area (Å²) in [5.41, 5.74) is 0.920. The second kappa shape index (κ2) is 8.72. The molecule has 0 aliphatic heterocycles. The molecule has 134 valence electrons. The van der Waals surface area contributed by atoms with Crippen LogP contribution in [0.3, 0.4) is 0 Å². The minimum absolute atomic E-state index is 0.0735. The third-order valence-electron chi connectivity index (χ3n) is 3.91. The Hall–Kier alpha value is -2.27. The van der Waals surface area contributed by atoms with Crippen molar-refractivity contribution >= 4 is 23.4 Å². The Morgan fingerprint density at radius 1 is 1.16 bits per heavy atom. The predicted octanol–water partition coefficient (Wildman–Crippen LogP) is 3.62. The molecule has 2 amide bonds. The number of benzene rings is 1. The van der Waals surface area contributed by atoms with Crippen molar-refractivity contribution in [1.29, 1.82) is 0 Å². The second-order valence-electron chi connectivity index (χ2n) is 6.22. The summed E-state index contributed by atoms with van der Waals surface area (Å²) in [4.78, 5) is 26.7. The van der Waals surface area contributed by atoms with Crippen molar-refractivity contribution in [2.75, 3.05) is 0 Å². The van der Waals surface area contributed by atoms with E-state index in [0.29, 0.717) is 23.9 Å². The number of amides is 2. The summed E-state index contributed by atoms with van der Waals surface area (Å²) in [6, 6.07) is 10.2. The Labute approximate surface area is 153 Å². The molecule has 2 rings (SSSR count). The van der Waals surface area contributed by atoms with E-state index in [2.05, 4.69) is 5.32 Å². The lowest BCUT2D eigenvalue weighted by atomic mass is 10.1. The van der Waals surface area contributed by atoms with Crippen LogP contribution in [0.2, 0.25) is 5.02 Å². The molecule has 0 aliphatic rings. The molecule has 0 fully saturated rings. The van der Waals surface area contributed by atoms with Gasteiger partial charge in [-0.05, 0) is 36.8 Å². The van der Waals surface area contributed by atoms with Crippen LogP contribution in [0.15, 0.2) is 47.1 Å². The van der Waals surface area contributed by atoms with Crippen LogP contribution >= 0.6 is 11.6 Å². The summed E-state index contributed by atoms with van der Waals surface area (Å²) in [6.45, 7) is 6.02. The summed E-state index contributed by atoms with van der Waals surface area (Å²) in [6.07, 6.45) is 1.56. The number of hydrogen-bond donors (Lipinski definition) is 1. The zero-order valence-electron chi connectivity index (χ0n) is 14.7. The number of furan rings is 1. The van der Waals surface area contributed by atoms with Crippen molar-refractivity contribution in [2.24, 2.45) is 5.92 Å². The molecule has 1 heterocycles. The quantitative estimate of drug-likeness (QED) is 0.818. The molecular weight excluding hydrogens is 340 g/mol. The number of carbonyl (C=O) groups excluding carboxylic acids is 2. The topological polar surface area (TPSA) is 62.6 Å². The molecular formula is C19H23ClN2O3. The Balaban J connectivity index is 2.08. The van der Waals surface area contributed by atoms with Crippen LogP contribution in [0.1, 0.15) is 32.1 Å². The van der Waals surface area contributed by atoms with Gasteiger partial charge in [0.05, 0.1) is 12.8 Å². The fourth-order valence-electron chi connectivity index (χ4n) is 2.40. The van der Waals surface area contributed by atoms with E-state index < -0.39 is 6.04 Å². The maximum Gasteiger partial charge on any atom is 0.242 e. The first-order chi connectivity index (χ1) is 11.9. The van der Waals surface area contributed by atoms with Gasteiger partial charge in [0.2, 0.25) is 11.8 Å². The van der Waals surface area contributed by atoms with E-state index in [0.717, 1.165) is 5.56 Å². The van der Waals surface area contributed by atoms with Crippen LogP contribution in [0.5, 0.6) is 0 Å². The number of halogens is 1. The average Bonchev–Trinajstić information content (AvgIpc) is 3.11. The van der Waals surface area contributed by atoms with Gasteiger partial charge in [0.1, 0.15) is 11.8 Å². The minimum atomic E-state index is -0.597. The summed E-state index contributed by atoms with van der Waals surface area (Å²) in [5.74, 6) is 0.169. The van der Waals surface area contributed by atoms with Crippen molar-refractivity contribution in [3.8, 4) is 0 Å². The predicted molar refractivity (Wildman–Crippen MR) is 96.9 cm³/mol. The van der Waals surface area contributed by atoms with E-state index in [4.69, 9.17) is 16.0 Å². The summed E-state index contributed by atoms with van der Waals surface area (Å²) < 4.78 is 5.21. The maximum absolute atomic E-state index is 12.6. The van der Waals surface area contributed by atoms with Crippen molar-refractivity contribution in [3.63, 3.8) is 0 Å². The van der Waals surface area contributed by atoms with Gasteiger partial charge in [0.25, 0.3) is 0 Å². The highest BCUT2D eigenvalue weighted by molar-refractivity contribution is 6.30. The fourth-order valence-corrected chi connectivity index (χ4v) is 2.53. The molecule has 1 aromatic carbocycles. The zero-order chi connectivity index (χ0) is 18.4. The normalized spacial score (nSPS) is 12.0. The lowest BCUT2D eigenvalue weighted by Crippen LogP contribution is -2.48. The van der Waals surface area contributed by atoms with E-state index in [1.54, 1.807) is 42.4 Å². The van der Waals surface area contributed by atoms with Crippen LogP contribution in [-0.4, -0.2) is 22.8 Å². The van der Waals surface area contributed by atoms with Crippen molar-refractivity contribution < 1.29 is 14.0 Å². The second-order valence-corrected chi connectivity index (χ2v) is 6.66. The Morgan fingerprint density at radius 3 is 2.40 bits per heavy atom. The van der Waals surface area contributed by atoms with Gasteiger partial charge in [-0.3, -0.25) is 9.59 Å². The molecule has 0 saturated carbocycles. The molecule has 25 heavy (non-hydrogen) atoms. The average molecular weight is 363 g/mol. The molecule has 0 saturated heterocycles. The summed E-state index contributed by atoms with van der Waals surface area (Å²) in [5, 5.41) is 3.44. The van der Waals surface area contributed by atoms with Crippen LogP contribution in [0.4, 0.5) is 0 Å². The largest absolute Gasteiger partial charge is 0.467 e. The van der Waals surface area contributed by atoms with E-state index in [1.807, 2.05) is 26.0 Å². The lowest BCUT2D eigenvalue weighted by molar-refractivity contribution is -0.143. The molecule has 6 heteroatoms. The van der Waals surface area contributed by atoms with Gasteiger partial charge in [-0.25, -0.2) is 0 Å². The molecule has 0 spiro atoms. The number of hydrogen-bond acceptors (Lipinski definition) is 3. The number of carbonyl (C=O) groups is 2.